The topological polar surface area (TPSA) is 74.2 Å². The Kier molecular flexibility index (Phi) is 5.79. The van der Waals surface area contributed by atoms with Gasteiger partial charge >= 0.3 is 0 Å². The lowest BCUT2D eigenvalue weighted by molar-refractivity contribution is 1.03. The van der Waals surface area contributed by atoms with Crippen molar-refractivity contribution in [3.63, 3.8) is 0 Å². The van der Waals surface area contributed by atoms with Crippen LogP contribution in [0.25, 0.3) is 0 Å². The number of rotatable bonds is 3. The van der Waals surface area contributed by atoms with Crippen molar-refractivity contribution in [2.75, 3.05) is 12.4 Å². The van der Waals surface area contributed by atoms with Crippen LogP contribution in [0.3, 0.4) is 0 Å². The average molecular weight is 334 g/mol. The van der Waals surface area contributed by atoms with E-state index in [-0.39, 0.29) is 0 Å². The lowest BCUT2D eigenvalue weighted by Gasteiger charge is -2.12. The van der Waals surface area contributed by atoms with Crippen LogP contribution in [0.15, 0.2) is 28.6 Å². The van der Waals surface area contributed by atoms with E-state index in [0.29, 0.717) is 23.6 Å². The first kappa shape index (κ1) is 16.3. The largest absolute Gasteiger partial charge is 0.365 e. The third-order valence-corrected chi connectivity index (χ3v) is 3.81. The van der Waals surface area contributed by atoms with Gasteiger partial charge in [0, 0.05) is 23.3 Å². The van der Waals surface area contributed by atoms with E-state index in [1.807, 2.05) is 37.4 Å². The molecule has 2 aromatic heterocycles. The van der Waals surface area contributed by atoms with Gasteiger partial charge in [0.1, 0.15) is 0 Å². The van der Waals surface area contributed by atoms with E-state index in [1.165, 1.54) is 0 Å². The summed E-state index contributed by atoms with van der Waals surface area (Å²) in [6.07, 6.45) is 0. The van der Waals surface area contributed by atoms with Gasteiger partial charge in [-0.2, -0.15) is 0 Å². The molecule has 0 spiro atoms. The molecule has 2 rings (SSSR count). The summed E-state index contributed by atoms with van der Waals surface area (Å²) in [5.74, 6) is 1.01. The molecule has 0 aliphatic rings. The Labute approximate surface area is 139 Å². The van der Waals surface area contributed by atoms with E-state index in [0.717, 1.165) is 16.3 Å². The molecule has 8 heteroatoms. The molecule has 0 amide bonds. The highest BCUT2D eigenvalue weighted by Gasteiger charge is 2.06. The molecule has 0 aliphatic heterocycles. The van der Waals surface area contributed by atoms with Crippen molar-refractivity contribution < 1.29 is 0 Å². The predicted octanol–water partition coefficient (Wildman–Crippen LogP) is 2.22. The summed E-state index contributed by atoms with van der Waals surface area (Å²) in [7, 11) is 1.75. The second-order valence-electron chi connectivity index (χ2n) is 4.55. The predicted molar refractivity (Wildman–Crippen MR) is 95.4 cm³/mol. The maximum absolute atomic E-state index is 5.13. The van der Waals surface area contributed by atoms with Crippen LogP contribution >= 0.6 is 23.6 Å². The van der Waals surface area contributed by atoms with Gasteiger partial charge in [-0.1, -0.05) is 6.07 Å². The summed E-state index contributed by atoms with van der Waals surface area (Å²) in [5, 5.41) is 11.4. The van der Waals surface area contributed by atoms with Crippen molar-refractivity contribution >= 4 is 40.6 Å². The Hall–Kier alpha value is -2.06. The summed E-state index contributed by atoms with van der Waals surface area (Å²) in [6.45, 7) is 4.41. The Morgan fingerprint density at radius 2 is 2.05 bits per heavy atom. The lowest BCUT2D eigenvalue weighted by atomic mass is 10.4. The fraction of sp³-hybridized carbons (Fsp3) is 0.286. The van der Waals surface area contributed by atoms with E-state index in [1.54, 1.807) is 18.4 Å². The number of nitrogens with one attached hydrogen (secondary N) is 3. The lowest BCUT2D eigenvalue weighted by Crippen LogP contribution is -2.41. The molecule has 0 atom stereocenters. The molecule has 116 valence electrons. The van der Waals surface area contributed by atoms with Crippen molar-refractivity contribution in [2.45, 2.75) is 20.4 Å². The molecular formula is C14H18N6S2. The van der Waals surface area contributed by atoms with Gasteiger partial charge in [0.05, 0.1) is 6.54 Å². The molecular weight excluding hydrogens is 316 g/mol. The molecule has 0 unspecified atom stereocenters. The van der Waals surface area contributed by atoms with Crippen molar-refractivity contribution in [3.8, 4) is 0 Å². The minimum absolute atomic E-state index is 0.474. The van der Waals surface area contributed by atoms with Gasteiger partial charge in [0.2, 0.25) is 11.9 Å². The zero-order chi connectivity index (χ0) is 15.9. The highest BCUT2D eigenvalue weighted by Crippen LogP contribution is 2.10. The number of guanidine groups is 1. The molecule has 0 bridgehead atoms. The fourth-order valence-electron chi connectivity index (χ4n) is 1.73. The summed E-state index contributed by atoms with van der Waals surface area (Å²) in [5.41, 5.74) is 1.78. The first-order valence-electron chi connectivity index (χ1n) is 6.71. The van der Waals surface area contributed by atoms with Crippen molar-refractivity contribution in [3.05, 3.63) is 39.8 Å². The normalized spacial score (nSPS) is 11.1. The molecule has 0 saturated heterocycles. The van der Waals surface area contributed by atoms with Gasteiger partial charge < -0.3 is 10.6 Å². The number of hydrogen-bond donors (Lipinski definition) is 3. The number of thiophene rings is 1. The summed E-state index contributed by atoms with van der Waals surface area (Å²) in [6, 6.07) is 5.95. The second kappa shape index (κ2) is 7.81. The van der Waals surface area contributed by atoms with Crippen molar-refractivity contribution in [2.24, 2.45) is 4.99 Å². The van der Waals surface area contributed by atoms with Crippen LogP contribution in [-0.4, -0.2) is 28.1 Å². The zero-order valence-corrected chi connectivity index (χ0v) is 14.3. The van der Waals surface area contributed by atoms with E-state index in [9.17, 15) is 0 Å². The SMILES string of the molecule is CNC(=S)NC(=NCc1cccs1)Nc1nc(C)cc(C)n1. The van der Waals surface area contributed by atoms with Gasteiger partial charge in [0.15, 0.2) is 5.11 Å². The highest BCUT2D eigenvalue weighted by molar-refractivity contribution is 7.80. The van der Waals surface area contributed by atoms with Crippen LogP contribution in [0.5, 0.6) is 0 Å². The number of nitrogens with zero attached hydrogens (tertiary/aromatic N) is 3. The summed E-state index contributed by atoms with van der Waals surface area (Å²) < 4.78 is 0. The molecule has 3 N–H and O–H groups in total. The Morgan fingerprint density at radius 1 is 1.32 bits per heavy atom. The van der Waals surface area contributed by atoms with Crippen LogP contribution < -0.4 is 16.0 Å². The average Bonchev–Trinajstić information content (AvgIpc) is 2.96. The second-order valence-corrected chi connectivity index (χ2v) is 5.99. The van der Waals surface area contributed by atoms with Gasteiger partial charge in [-0.05, 0) is 43.6 Å². The van der Waals surface area contributed by atoms with E-state index in [4.69, 9.17) is 12.2 Å². The standard InChI is InChI=1S/C14H18N6S2/c1-9-7-10(2)18-13(17-9)19-12(20-14(21)15-3)16-8-11-5-4-6-22-11/h4-7H,8H2,1-3H3,(H3,15,16,17,18,19,20,21). The van der Waals surface area contributed by atoms with Crippen LogP contribution in [0.1, 0.15) is 16.3 Å². The molecule has 0 aliphatic carbocycles. The third kappa shape index (κ3) is 5.05. The Balaban J connectivity index is 2.15. The Bertz CT molecular complexity index is 646. The summed E-state index contributed by atoms with van der Waals surface area (Å²) >= 11 is 6.79. The van der Waals surface area contributed by atoms with E-state index < -0.39 is 0 Å². The van der Waals surface area contributed by atoms with Crippen molar-refractivity contribution in [1.82, 2.24) is 20.6 Å². The third-order valence-electron chi connectivity index (χ3n) is 2.64. The van der Waals surface area contributed by atoms with Crippen LogP contribution in [0.4, 0.5) is 5.95 Å². The molecule has 2 aromatic rings. The molecule has 0 radical (unpaired) electrons. The van der Waals surface area contributed by atoms with Gasteiger partial charge in [0.25, 0.3) is 0 Å². The number of aromatic nitrogens is 2. The molecule has 2 heterocycles. The minimum atomic E-state index is 0.474. The maximum atomic E-state index is 5.13. The molecule has 0 aromatic carbocycles. The zero-order valence-electron chi connectivity index (χ0n) is 12.7. The van der Waals surface area contributed by atoms with Crippen LogP contribution in [-0.2, 0) is 6.54 Å². The van der Waals surface area contributed by atoms with E-state index in [2.05, 4.69) is 30.9 Å². The highest BCUT2D eigenvalue weighted by atomic mass is 32.1. The van der Waals surface area contributed by atoms with Crippen LogP contribution in [0, 0.1) is 13.8 Å². The first-order chi connectivity index (χ1) is 10.6. The van der Waals surface area contributed by atoms with Gasteiger partial charge in [-0.15, -0.1) is 11.3 Å². The van der Waals surface area contributed by atoms with Crippen LogP contribution in [0.2, 0.25) is 0 Å². The molecule has 0 fully saturated rings. The molecule has 6 nitrogen and oxygen atoms in total. The Morgan fingerprint density at radius 3 is 2.64 bits per heavy atom. The minimum Gasteiger partial charge on any atom is -0.365 e. The number of aliphatic imine (C=N–C) groups is 1. The maximum Gasteiger partial charge on any atom is 0.229 e. The molecule has 22 heavy (non-hydrogen) atoms. The van der Waals surface area contributed by atoms with Gasteiger partial charge in [-0.3, -0.25) is 5.32 Å². The van der Waals surface area contributed by atoms with E-state index >= 15 is 0 Å². The number of anilines is 1. The number of aryl methyl sites for hydroxylation is 2. The number of thiocarbonyl (C=S) groups is 1. The monoisotopic (exact) mass is 334 g/mol. The smallest absolute Gasteiger partial charge is 0.229 e. The van der Waals surface area contributed by atoms with Gasteiger partial charge in [-0.25, -0.2) is 15.0 Å². The fourth-order valence-corrected chi connectivity index (χ4v) is 2.45. The first-order valence-corrected chi connectivity index (χ1v) is 8.00. The quantitative estimate of drug-likeness (QED) is 0.454. The number of hydrogen-bond acceptors (Lipinski definition) is 5. The van der Waals surface area contributed by atoms with Crippen molar-refractivity contribution in [1.29, 1.82) is 0 Å². The molecule has 0 saturated carbocycles. The summed E-state index contributed by atoms with van der Waals surface area (Å²) in [4.78, 5) is 14.4.